The third-order valence-electron chi connectivity index (χ3n) is 11.1. The van der Waals surface area contributed by atoms with E-state index in [2.05, 4.69) is 10.4 Å². The lowest BCUT2D eigenvalue weighted by Crippen LogP contribution is -2.53. The number of hydrogen-bond donors (Lipinski definition) is 2. The largest absolute Gasteiger partial charge is 0.502 e. The molecule has 0 spiro atoms. The van der Waals surface area contributed by atoms with Crippen LogP contribution in [0.1, 0.15) is 56.2 Å². The van der Waals surface area contributed by atoms with Crippen molar-refractivity contribution in [2.75, 3.05) is 19.6 Å². The van der Waals surface area contributed by atoms with Gasteiger partial charge in [-0.2, -0.15) is 18.2 Å². The molecule has 4 amide bonds. The minimum absolute atomic E-state index is 0.00193. The number of rotatable bonds is 6. The first kappa shape index (κ1) is 37.5. The standard InChI is InChI=1S/C38H35Cl2F3N4O7/c1-36(2,3)46-32(49)22-11-10-21-23(28(22)34(46)51)15-24-33(50)47(45-31-25(40)14-19(16-44-31)38(41,42)43)35(52)37(24,18-6-8-20(39)9-7-18)29(21)17-12-26(53-4)30(48)27(13-17)54-5/h6-10,12-14,16,22-24,28-29,48H,11,15H2,1-5H3,(H,44,45)/t22-,23+,24-,28-,29-,37+/m0/s1. The Hall–Kier alpha value is -4.82. The van der Waals surface area contributed by atoms with E-state index in [9.17, 15) is 32.7 Å². The van der Waals surface area contributed by atoms with Gasteiger partial charge in [0.05, 0.1) is 48.0 Å². The Morgan fingerprint density at radius 2 is 1.56 bits per heavy atom. The number of pyridine rings is 1. The van der Waals surface area contributed by atoms with Crippen LogP contribution in [0.2, 0.25) is 10.0 Å². The van der Waals surface area contributed by atoms with Crippen LogP contribution in [-0.4, -0.2) is 63.4 Å². The SMILES string of the molecule is COc1cc([C@H]2C3=CC[C@@H]4C(=O)N(C(C)(C)C)C(=O)[C@@H]4[C@@H]3C[C@H]3C(=O)N(Nc4ncc(C(F)(F)F)cc4Cl)C(=O)[C@@]23c2ccc(Cl)cc2)cc(OC)c1O. The van der Waals surface area contributed by atoms with Crippen LogP contribution in [0.15, 0.2) is 60.3 Å². The molecular weight excluding hydrogens is 752 g/mol. The Morgan fingerprint density at radius 3 is 2.11 bits per heavy atom. The Morgan fingerprint density at radius 1 is 0.926 bits per heavy atom. The van der Waals surface area contributed by atoms with Crippen molar-refractivity contribution in [3.63, 3.8) is 0 Å². The van der Waals surface area contributed by atoms with Crippen molar-refractivity contribution < 1.29 is 46.9 Å². The summed E-state index contributed by atoms with van der Waals surface area (Å²) in [6, 6.07) is 10.1. The molecule has 0 radical (unpaired) electrons. The number of likely N-dealkylation sites (tertiary alicyclic amines) is 1. The molecule has 3 fully saturated rings. The summed E-state index contributed by atoms with van der Waals surface area (Å²) in [5.41, 5.74) is 0.215. The number of nitrogens with zero attached hydrogens (tertiary/aromatic N) is 3. The first-order chi connectivity index (χ1) is 25.4. The number of hydrogen-bond acceptors (Lipinski definition) is 9. The molecule has 6 atom stereocenters. The quantitative estimate of drug-likeness (QED) is 0.202. The number of hydrazine groups is 1. The number of anilines is 1. The molecule has 2 saturated heterocycles. The first-order valence-electron chi connectivity index (χ1n) is 17.0. The number of ether oxygens (including phenoxy) is 2. The predicted molar refractivity (Wildman–Crippen MR) is 190 cm³/mol. The van der Waals surface area contributed by atoms with Crippen molar-refractivity contribution >= 4 is 52.6 Å². The molecule has 1 saturated carbocycles. The van der Waals surface area contributed by atoms with Gasteiger partial charge < -0.3 is 14.6 Å². The summed E-state index contributed by atoms with van der Waals surface area (Å²) < 4.78 is 51.5. The average Bonchev–Trinajstić information content (AvgIpc) is 3.50. The molecule has 7 rings (SSSR count). The highest BCUT2D eigenvalue weighted by atomic mass is 35.5. The number of carbonyl (C=O) groups is 4. The number of phenolic OH excluding ortho intramolecular Hbond substituents is 1. The number of alkyl halides is 3. The normalized spacial score (nSPS) is 26.7. The predicted octanol–water partition coefficient (Wildman–Crippen LogP) is 6.91. The van der Waals surface area contributed by atoms with Crippen LogP contribution in [-0.2, 0) is 30.8 Å². The highest BCUT2D eigenvalue weighted by Crippen LogP contribution is 2.65. The molecule has 1 aromatic heterocycles. The van der Waals surface area contributed by atoms with Gasteiger partial charge in [-0.15, -0.1) is 0 Å². The lowest BCUT2D eigenvalue weighted by atomic mass is 9.49. The summed E-state index contributed by atoms with van der Waals surface area (Å²) in [4.78, 5) is 63.4. The zero-order valence-corrected chi connectivity index (χ0v) is 31.1. The maximum atomic E-state index is 15.4. The van der Waals surface area contributed by atoms with E-state index in [1.54, 1.807) is 45.0 Å². The first-order valence-corrected chi connectivity index (χ1v) is 17.8. The zero-order chi connectivity index (χ0) is 39.2. The lowest BCUT2D eigenvalue weighted by molar-refractivity contribution is -0.146. The fourth-order valence-corrected chi connectivity index (χ4v) is 9.23. The maximum absolute atomic E-state index is 15.4. The van der Waals surface area contributed by atoms with Crippen molar-refractivity contribution in [1.82, 2.24) is 14.9 Å². The topological polar surface area (TPSA) is 138 Å². The van der Waals surface area contributed by atoms with Gasteiger partial charge in [0.2, 0.25) is 17.6 Å². The number of fused-ring (bicyclic) bond motifs is 4. The molecule has 2 N–H and O–H groups in total. The average molecular weight is 788 g/mol. The van der Waals surface area contributed by atoms with Crippen molar-refractivity contribution in [3.8, 4) is 17.2 Å². The van der Waals surface area contributed by atoms with Gasteiger partial charge in [0.1, 0.15) is 0 Å². The molecule has 2 aliphatic carbocycles. The Balaban J connectivity index is 1.48. The number of imide groups is 2. The molecular formula is C38H35Cl2F3N4O7. The van der Waals surface area contributed by atoms with Crippen molar-refractivity contribution in [3.05, 3.63) is 87.0 Å². The van der Waals surface area contributed by atoms with Crippen LogP contribution in [0.5, 0.6) is 17.2 Å². The van der Waals surface area contributed by atoms with Gasteiger partial charge in [0.25, 0.3) is 11.8 Å². The van der Waals surface area contributed by atoms with Gasteiger partial charge in [-0.25, -0.2) is 4.98 Å². The summed E-state index contributed by atoms with van der Waals surface area (Å²) in [7, 11) is 2.68. The number of benzene rings is 2. The molecule has 3 heterocycles. The highest BCUT2D eigenvalue weighted by molar-refractivity contribution is 6.33. The Labute approximate surface area is 318 Å². The third-order valence-corrected chi connectivity index (χ3v) is 11.6. The second kappa shape index (κ2) is 12.9. The van der Waals surface area contributed by atoms with Crippen LogP contribution in [0.4, 0.5) is 19.0 Å². The maximum Gasteiger partial charge on any atom is 0.417 e. The molecule has 4 aliphatic rings. The third kappa shape index (κ3) is 5.51. The van der Waals surface area contributed by atoms with E-state index in [-0.39, 0.29) is 47.7 Å². The van der Waals surface area contributed by atoms with Crippen LogP contribution >= 0.6 is 23.2 Å². The number of aromatic nitrogens is 1. The van der Waals surface area contributed by atoms with E-state index in [0.717, 1.165) is 0 Å². The van der Waals surface area contributed by atoms with Crippen LogP contribution < -0.4 is 14.9 Å². The number of nitrogens with one attached hydrogen (secondary N) is 1. The van der Waals surface area contributed by atoms with Gasteiger partial charge in [-0.3, -0.25) is 29.5 Å². The van der Waals surface area contributed by atoms with E-state index in [4.69, 9.17) is 32.7 Å². The Kier molecular flexibility index (Phi) is 8.96. The van der Waals surface area contributed by atoms with Gasteiger partial charge in [0, 0.05) is 22.7 Å². The minimum Gasteiger partial charge on any atom is -0.502 e. The van der Waals surface area contributed by atoms with E-state index in [0.29, 0.717) is 39.0 Å². The number of allylic oxidation sites excluding steroid dienone is 2. The van der Waals surface area contributed by atoms with Crippen LogP contribution in [0.3, 0.4) is 0 Å². The minimum atomic E-state index is -4.76. The summed E-state index contributed by atoms with van der Waals surface area (Å²) in [5.74, 6) is -7.50. The van der Waals surface area contributed by atoms with E-state index >= 15 is 4.79 Å². The van der Waals surface area contributed by atoms with Crippen molar-refractivity contribution in [1.29, 1.82) is 0 Å². The molecule has 2 aromatic carbocycles. The molecule has 0 unspecified atom stereocenters. The van der Waals surface area contributed by atoms with E-state index in [1.165, 1.54) is 31.3 Å². The van der Waals surface area contributed by atoms with Crippen LogP contribution in [0, 0.1) is 23.7 Å². The molecule has 2 aliphatic heterocycles. The Bertz CT molecular complexity index is 2110. The number of carbonyl (C=O) groups excluding carboxylic acids is 4. The second-order valence-electron chi connectivity index (χ2n) is 14.9. The van der Waals surface area contributed by atoms with Crippen molar-refractivity contribution in [2.24, 2.45) is 23.7 Å². The molecule has 3 aromatic rings. The number of aromatic hydroxyl groups is 1. The van der Waals surface area contributed by atoms with Gasteiger partial charge in [-0.1, -0.05) is 47.0 Å². The van der Waals surface area contributed by atoms with Crippen molar-refractivity contribution in [2.45, 2.75) is 56.7 Å². The van der Waals surface area contributed by atoms with Gasteiger partial charge in [-0.05, 0) is 81.0 Å². The lowest BCUT2D eigenvalue weighted by Gasteiger charge is -2.50. The molecule has 284 valence electrons. The van der Waals surface area contributed by atoms with Crippen LogP contribution in [0.25, 0.3) is 0 Å². The zero-order valence-electron chi connectivity index (χ0n) is 29.6. The number of phenols is 1. The molecule has 16 heteroatoms. The highest BCUT2D eigenvalue weighted by Gasteiger charge is 2.70. The van der Waals surface area contributed by atoms with Gasteiger partial charge >= 0.3 is 6.18 Å². The monoisotopic (exact) mass is 786 g/mol. The number of amides is 4. The van der Waals surface area contributed by atoms with E-state index in [1.807, 2.05) is 6.08 Å². The summed E-state index contributed by atoms with van der Waals surface area (Å²) in [6.07, 6.45) is -2.25. The molecule has 54 heavy (non-hydrogen) atoms. The smallest absolute Gasteiger partial charge is 0.417 e. The van der Waals surface area contributed by atoms with Gasteiger partial charge in [0.15, 0.2) is 17.3 Å². The molecule has 0 bridgehead atoms. The fourth-order valence-electron chi connectivity index (χ4n) is 8.90. The summed E-state index contributed by atoms with van der Waals surface area (Å²) in [6.45, 7) is 5.30. The van der Waals surface area contributed by atoms with E-state index < -0.39 is 69.1 Å². The fraction of sp³-hybridized carbons (Fsp3) is 0.395. The number of halogens is 5. The summed E-state index contributed by atoms with van der Waals surface area (Å²) in [5, 5.41) is 11.5. The molecule has 11 nitrogen and oxygen atoms in total. The second-order valence-corrected chi connectivity index (χ2v) is 15.7. The summed E-state index contributed by atoms with van der Waals surface area (Å²) >= 11 is 12.6. The number of methoxy groups -OCH3 is 2.